The van der Waals surface area contributed by atoms with Gasteiger partial charge in [0.15, 0.2) is 0 Å². The van der Waals surface area contributed by atoms with Crippen LogP contribution in [0, 0.1) is 5.92 Å². The van der Waals surface area contributed by atoms with Crippen LogP contribution in [-0.2, 0) is 0 Å². The number of rotatable bonds is 3. The zero-order valence-corrected chi connectivity index (χ0v) is 12.0. The molecule has 0 aromatic carbocycles. The maximum atomic E-state index is 3.36. The molecule has 1 atom stereocenters. The molecule has 2 rings (SSSR count). The van der Waals surface area contributed by atoms with Crippen molar-refractivity contribution in [1.82, 2.24) is 10.2 Å². The average molecular weight is 238 g/mol. The molecule has 0 amide bonds. The van der Waals surface area contributed by atoms with Gasteiger partial charge in [-0.15, -0.1) is 0 Å². The van der Waals surface area contributed by atoms with Crippen molar-refractivity contribution < 1.29 is 0 Å². The number of piperidine rings is 1. The van der Waals surface area contributed by atoms with Gasteiger partial charge in [0.2, 0.25) is 0 Å². The molecule has 17 heavy (non-hydrogen) atoms. The summed E-state index contributed by atoms with van der Waals surface area (Å²) in [7, 11) is 2.09. The van der Waals surface area contributed by atoms with E-state index in [0.29, 0.717) is 5.54 Å². The van der Waals surface area contributed by atoms with Crippen LogP contribution in [0.25, 0.3) is 0 Å². The van der Waals surface area contributed by atoms with Crippen LogP contribution in [-0.4, -0.2) is 36.6 Å². The number of likely N-dealkylation sites (tertiary alicyclic amines) is 1. The Hall–Kier alpha value is -0.0800. The van der Waals surface area contributed by atoms with Gasteiger partial charge >= 0.3 is 0 Å². The third-order valence-electron chi connectivity index (χ3n) is 4.91. The maximum Gasteiger partial charge on any atom is 0.0156 e. The van der Waals surface area contributed by atoms with Crippen molar-refractivity contribution in [3.63, 3.8) is 0 Å². The topological polar surface area (TPSA) is 15.3 Å². The Bertz CT molecular complexity index is 231. The summed E-state index contributed by atoms with van der Waals surface area (Å²) in [5.41, 5.74) is 0.437. The minimum atomic E-state index is 0.437. The van der Waals surface area contributed by atoms with Gasteiger partial charge in [0.05, 0.1) is 0 Å². The molecular weight excluding hydrogens is 208 g/mol. The van der Waals surface area contributed by atoms with E-state index in [-0.39, 0.29) is 0 Å². The average Bonchev–Trinajstić information content (AvgIpc) is 2.33. The van der Waals surface area contributed by atoms with E-state index >= 15 is 0 Å². The molecule has 1 aliphatic carbocycles. The molecule has 1 saturated heterocycles. The van der Waals surface area contributed by atoms with E-state index in [0.717, 1.165) is 12.0 Å². The quantitative estimate of drug-likeness (QED) is 0.813. The predicted molar refractivity (Wildman–Crippen MR) is 74.3 cm³/mol. The molecule has 1 unspecified atom stereocenters. The molecule has 1 saturated carbocycles. The zero-order valence-electron chi connectivity index (χ0n) is 12.0. The summed E-state index contributed by atoms with van der Waals surface area (Å²) in [5.74, 6) is 0.870. The number of nitrogens with zero attached hydrogens (tertiary/aromatic N) is 1. The lowest BCUT2D eigenvalue weighted by molar-refractivity contribution is -0.00545. The van der Waals surface area contributed by atoms with Crippen molar-refractivity contribution >= 4 is 0 Å². The fraction of sp³-hybridized carbons (Fsp3) is 1.00. The lowest BCUT2D eigenvalue weighted by Gasteiger charge is -2.50. The molecule has 1 aliphatic heterocycles. The molecule has 2 nitrogen and oxygen atoms in total. The predicted octanol–water partition coefficient (Wildman–Crippen LogP) is 3.03. The summed E-state index contributed by atoms with van der Waals surface area (Å²) in [6.45, 7) is 7.42. The number of hydrogen-bond donors (Lipinski definition) is 1. The Morgan fingerprint density at radius 3 is 2.47 bits per heavy atom. The normalized spacial score (nSPS) is 31.6. The third kappa shape index (κ3) is 3.23. The van der Waals surface area contributed by atoms with Crippen LogP contribution in [0.4, 0.5) is 0 Å². The molecule has 100 valence electrons. The van der Waals surface area contributed by atoms with E-state index in [1.54, 1.807) is 0 Å². The first-order valence-corrected chi connectivity index (χ1v) is 7.55. The fourth-order valence-electron chi connectivity index (χ4n) is 3.81. The first kappa shape index (κ1) is 13.4. The van der Waals surface area contributed by atoms with Gasteiger partial charge in [-0.1, -0.05) is 19.3 Å². The molecule has 1 heterocycles. The maximum absolute atomic E-state index is 3.36. The largest absolute Gasteiger partial charge is 0.319 e. The molecule has 2 fully saturated rings. The van der Waals surface area contributed by atoms with E-state index in [4.69, 9.17) is 0 Å². The summed E-state index contributed by atoms with van der Waals surface area (Å²) in [5, 5.41) is 3.36. The number of nitrogens with one attached hydrogen (secondary N) is 1. The molecule has 1 N–H and O–H groups in total. The Labute approximate surface area is 107 Å². The van der Waals surface area contributed by atoms with Crippen molar-refractivity contribution in [1.29, 1.82) is 0 Å². The molecule has 0 spiro atoms. The van der Waals surface area contributed by atoms with Crippen LogP contribution in [0.3, 0.4) is 0 Å². The van der Waals surface area contributed by atoms with Gasteiger partial charge in [0.1, 0.15) is 0 Å². The van der Waals surface area contributed by atoms with Crippen molar-refractivity contribution in [2.24, 2.45) is 5.92 Å². The van der Waals surface area contributed by atoms with Crippen LogP contribution in [0.15, 0.2) is 0 Å². The highest BCUT2D eigenvalue weighted by Gasteiger charge is 2.38. The summed E-state index contributed by atoms with van der Waals surface area (Å²) >= 11 is 0. The van der Waals surface area contributed by atoms with Gasteiger partial charge in [-0.3, -0.25) is 4.90 Å². The minimum absolute atomic E-state index is 0.437. The Kier molecular flexibility index (Phi) is 4.48. The van der Waals surface area contributed by atoms with E-state index in [1.165, 1.54) is 58.0 Å². The van der Waals surface area contributed by atoms with Crippen LogP contribution >= 0.6 is 0 Å². The molecule has 0 aromatic rings. The van der Waals surface area contributed by atoms with Gasteiger partial charge in [-0.25, -0.2) is 0 Å². The first-order valence-electron chi connectivity index (χ1n) is 7.55. The van der Waals surface area contributed by atoms with E-state index in [2.05, 4.69) is 31.1 Å². The Morgan fingerprint density at radius 2 is 1.82 bits per heavy atom. The van der Waals surface area contributed by atoms with Gasteiger partial charge in [-0.05, 0) is 59.0 Å². The molecule has 0 radical (unpaired) electrons. The van der Waals surface area contributed by atoms with Crippen molar-refractivity contribution in [2.75, 3.05) is 20.1 Å². The third-order valence-corrected chi connectivity index (χ3v) is 4.91. The smallest absolute Gasteiger partial charge is 0.0156 e. The van der Waals surface area contributed by atoms with Crippen molar-refractivity contribution in [3.05, 3.63) is 0 Å². The van der Waals surface area contributed by atoms with Crippen LogP contribution in [0.2, 0.25) is 0 Å². The van der Waals surface area contributed by atoms with Gasteiger partial charge < -0.3 is 5.32 Å². The monoisotopic (exact) mass is 238 g/mol. The second kappa shape index (κ2) is 5.71. The summed E-state index contributed by atoms with van der Waals surface area (Å²) in [6, 6.07) is 0.874. The van der Waals surface area contributed by atoms with Gasteiger partial charge in [0.25, 0.3) is 0 Å². The Balaban J connectivity index is 1.99. The first-order chi connectivity index (χ1) is 8.13. The minimum Gasteiger partial charge on any atom is -0.319 e. The molecule has 0 aromatic heterocycles. The van der Waals surface area contributed by atoms with Crippen molar-refractivity contribution in [2.45, 2.75) is 70.4 Å². The second-order valence-corrected chi connectivity index (χ2v) is 6.72. The lowest BCUT2D eigenvalue weighted by atomic mass is 9.81. The fourth-order valence-corrected chi connectivity index (χ4v) is 3.81. The molecule has 0 bridgehead atoms. The highest BCUT2D eigenvalue weighted by Crippen LogP contribution is 2.36. The highest BCUT2D eigenvalue weighted by molar-refractivity contribution is 4.93. The van der Waals surface area contributed by atoms with Crippen molar-refractivity contribution in [3.8, 4) is 0 Å². The SMILES string of the molecule is CNCC1CCC(C)(C)N(C2CCCCC2)C1. The van der Waals surface area contributed by atoms with Crippen LogP contribution in [0.5, 0.6) is 0 Å². The second-order valence-electron chi connectivity index (χ2n) is 6.72. The number of hydrogen-bond acceptors (Lipinski definition) is 2. The van der Waals surface area contributed by atoms with Gasteiger partial charge in [0, 0.05) is 18.1 Å². The van der Waals surface area contributed by atoms with Crippen LogP contribution < -0.4 is 5.32 Å². The van der Waals surface area contributed by atoms with E-state index in [1.807, 2.05) is 0 Å². The molecule has 2 heteroatoms. The van der Waals surface area contributed by atoms with Gasteiger partial charge in [-0.2, -0.15) is 0 Å². The molecular formula is C15H30N2. The standard InChI is InChI=1S/C15H30N2/c1-15(2)10-9-13(11-16-3)12-17(15)14-7-5-4-6-8-14/h13-14,16H,4-12H2,1-3H3. The summed E-state index contributed by atoms with van der Waals surface area (Å²) in [6.07, 6.45) is 10.0. The zero-order chi connectivity index (χ0) is 12.3. The lowest BCUT2D eigenvalue weighted by Crippen LogP contribution is -2.56. The Morgan fingerprint density at radius 1 is 1.12 bits per heavy atom. The summed E-state index contributed by atoms with van der Waals surface area (Å²) < 4.78 is 0. The highest BCUT2D eigenvalue weighted by atomic mass is 15.2. The summed E-state index contributed by atoms with van der Waals surface area (Å²) in [4.78, 5) is 2.84. The molecule has 2 aliphatic rings. The van der Waals surface area contributed by atoms with E-state index < -0.39 is 0 Å². The van der Waals surface area contributed by atoms with Crippen LogP contribution in [0.1, 0.15) is 58.8 Å². The van der Waals surface area contributed by atoms with E-state index in [9.17, 15) is 0 Å².